The molecular weight excluding hydrogens is 200 g/mol. The van der Waals surface area contributed by atoms with Crippen LogP contribution in [0.15, 0.2) is 12.3 Å². The van der Waals surface area contributed by atoms with Crippen molar-refractivity contribution >= 4 is 0 Å². The van der Waals surface area contributed by atoms with Gasteiger partial charge in [-0.3, -0.25) is 4.68 Å². The highest BCUT2D eigenvalue weighted by Crippen LogP contribution is 2.13. The predicted octanol–water partition coefficient (Wildman–Crippen LogP) is 0.851. The van der Waals surface area contributed by atoms with E-state index < -0.39 is 0 Å². The summed E-state index contributed by atoms with van der Waals surface area (Å²) in [5.41, 5.74) is 1.17. The van der Waals surface area contributed by atoms with Crippen molar-refractivity contribution in [3.05, 3.63) is 18.0 Å². The molecule has 0 aliphatic carbocycles. The third-order valence-electron chi connectivity index (χ3n) is 3.23. The molecule has 0 unspecified atom stereocenters. The smallest absolute Gasteiger partial charge is 0.0764 e. The molecule has 2 heterocycles. The summed E-state index contributed by atoms with van der Waals surface area (Å²) >= 11 is 0. The highest BCUT2D eigenvalue weighted by molar-refractivity contribution is 4.98. The molecule has 2 rings (SSSR count). The first-order valence-corrected chi connectivity index (χ1v) is 6.12. The number of aryl methyl sites for hydroxylation is 1. The Kier molecular flexibility index (Phi) is 3.96. The highest BCUT2D eigenvalue weighted by Gasteiger charge is 2.15. The van der Waals surface area contributed by atoms with Gasteiger partial charge in [-0.15, -0.1) is 0 Å². The molecule has 1 aliphatic rings. The topological polar surface area (TPSA) is 33.1 Å². The average Bonchev–Trinajstić information content (AvgIpc) is 2.65. The van der Waals surface area contributed by atoms with Gasteiger partial charge in [0, 0.05) is 26.3 Å². The Hall–Kier alpha value is -0.870. The average molecular weight is 222 g/mol. The van der Waals surface area contributed by atoms with Crippen LogP contribution in [0.2, 0.25) is 0 Å². The van der Waals surface area contributed by atoms with E-state index in [0.717, 1.165) is 12.5 Å². The van der Waals surface area contributed by atoms with E-state index in [-0.39, 0.29) is 0 Å². The quantitative estimate of drug-likeness (QED) is 0.820. The Morgan fingerprint density at radius 1 is 1.50 bits per heavy atom. The van der Waals surface area contributed by atoms with Gasteiger partial charge in [-0.05, 0) is 45.0 Å². The Labute approximate surface area is 97.6 Å². The van der Waals surface area contributed by atoms with Crippen molar-refractivity contribution in [2.75, 3.05) is 26.7 Å². The maximum absolute atomic E-state index is 4.41. The zero-order chi connectivity index (χ0) is 11.4. The number of hydrogen-bond donors (Lipinski definition) is 1. The van der Waals surface area contributed by atoms with Crippen LogP contribution in [0.4, 0.5) is 0 Å². The maximum atomic E-state index is 4.41. The van der Waals surface area contributed by atoms with Gasteiger partial charge in [0.25, 0.3) is 0 Å². The molecule has 90 valence electrons. The van der Waals surface area contributed by atoms with Gasteiger partial charge in [0.05, 0.1) is 5.69 Å². The molecule has 0 spiro atoms. The molecule has 4 nitrogen and oxygen atoms in total. The number of aromatic nitrogens is 2. The van der Waals surface area contributed by atoms with Crippen LogP contribution in [0.25, 0.3) is 0 Å². The van der Waals surface area contributed by atoms with Gasteiger partial charge in [-0.25, -0.2) is 0 Å². The largest absolute Gasteiger partial charge is 0.317 e. The van der Waals surface area contributed by atoms with Crippen LogP contribution in [0.5, 0.6) is 0 Å². The molecule has 4 heteroatoms. The normalized spacial score (nSPS) is 18.2. The predicted molar refractivity (Wildman–Crippen MR) is 65.1 cm³/mol. The minimum atomic E-state index is 0.856. The number of piperidine rings is 1. The monoisotopic (exact) mass is 222 g/mol. The molecule has 1 saturated heterocycles. The Balaban J connectivity index is 1.77. The summed E-state index contributed by atoms with van der Waals surface area (Å²) < 4.78 is 1.87. The highest BCUT2D eigenvalue weighted by atomic mass is 15.3. The van der Waals surface area contributed by atoms with Gasteiger partial charge in [0.15, 0.2) is 0 Å². The molecule has 16 heavy (non-hydrogen) atoms. The maximum Gasteiger partial charge on any atom is 0.0764 e. The zero-order valence-electron chi connectivity index (χ0n) is 10.3. The summed E-state index contributed by atoms with van der Waals surface area (Å²) in [6, 6.07) is 2.10. The van der Waals surface area contributed by atoms with Gasteiger partial charge >= 0.3 is 0 Å². The molecule has 0 atom stereocenters. The van der Waals surface area contributed by atoms with Crippen molar-refractivity contribution in [1.82, 2.24) is 20.0 Å². The molecule has 0 aromatic carbocycles. The van der Waals surface area contributed by atoms with Crippen LogP contribution in [0.1, 0.15) is 18.5 Å². The van der Waals surface area contributed by atoms with Crippen LogP contribution >= 0.6 is 0 Å². The second kappa shape index (κ2) is 5.46. The van der Waals surface area contributed by atoms with Crippen molar-refractivity contribution in [3.63, 3.8) is 0 Å². The first kappa shape index (κ1) is 11.6. The standard InChI is InChI=1S/C12H22N4/c1-15(9-11-3-6-13-7-4-11)10-12-5-8-16(2)14-12/h5,8,11,13H,3-4,6-7,9-10H2,1-2H3. The second-order valence-corrected chi connectivity index (χ2v) is 4.87. The van der Waals surface area contributed by atoms with E-state index in [1.54, 1.807) is 0 Å². The van der Waals surface area contributed by atoms with E-state index in [4.69, 9.17) is 0 Å². The second-order valence-electron chi connectivity index (χ2n) is 4.87. The minimum Gasteiger partial charge on any atom is -0.317 e. The number of hydrogen-bond acceptors (Lipinski definition) is 3. The lowest BCUT2D eigenvalue weighted by atomic mass is 9.98. The summed E-state index contributed by atoms with van der Waals surface area (Å²) in [5.74, 6) is 0.856. The molecule has 0 saturated carbocycles. The van der Waals surface area contributed by atoms with Crippen molar-refractivity contribution < 1.29 is 0 Å². The van der Waals surface area contributed by atoms with E-state index in [0.29, 0.717) is 0 Å². The van der Waals surface area contributed by atoms with Crippen molar-refractivity contribution in [3.8, 4) is 0 Å². The van der Waals surface area contributed by atoms with Gasteiger partial charge in [-0.2, -0.15) is 5.10 Å². The van der Waals surface area contributed by atoms with Crippen molar-refractivity contribution in [2.24, 2.45) is 13.0 Å². The van der Waals surface area contributed by atoms with Crippen LogP contribution < -0.4 is 5.32 Å². The number of nitrogens with zero attached hydrogens (tertiary/aromatic N) is 3. The summed E-state index contributed by atoms with van der Waals surface area (Å²) in [6.45, 7) is 4.52. The lowest BCUT2D eigenvalue weighted by Gasteiger charge is -2.27. The van der Waals surface area contributed by atoms with Gasteiger partial charge in [0.1, 0.15) is 0 Å². The molecule has 1 aromatic rings. The molecule has 1 fully saturated rings. The van der Waals surface area contributed by atoms with E-state index in [1.807, 2.05) is 17.9 Å². The van der Waals surface area contributed by atoms with Gasteiger partial charge in [-0.1, -0.05) is 0 Å². The fraction of sp³-hybridized carbons (Fsp3) is 0.750. The van der Waals surface area contributed by atoms with Gasteiger partial charge < -0.3 is 10.2 Å². The minimum absolute atomic E-state index is 0.856. The molecule has 0 bridgehead atoms. The zero-order valence-corrected chi connectivity index (χ0v) is 10.3. The van der Waals surface area contributed by atoms with Crippen LogP contribution in [0.3, 0.4) is 0 Å². The molecule has 1 aromatic heterocycles. The van der Waals surface area contributed by atoms with Crippen LogP contribution in [0, 0.1) is 5.92 Å². The SMILES string of the molecule is CN(Cc1ccn(C)n1)CC1CCNCC1. The molecule has 0 radical (unpaired) electrons. The Morgan fingerprint density at radius 2 is 2.25 bits per heavy atom. The van der Waals surface area contributed by atoms with E-state index >= 15 is 0 Å². The summed E-state index contributed by atoms with van der Waals surface area (Å²) in [7, 11) is 4.16. The molecule has 0 amide bonds. The van der Waals surface area contributed by atoms with Crippen molar-refractivity contribution in [2.45, 2.75) is 19.4 Å². The number of rotatable bonds is 4. The lowest BCUT2D eigenvalue weighted by Crippen LogP contribution is -2.34. The molecular formula is C12H22N4. The fourth-order valence-electron chi connectivity index (χ4n) is 2.39. The van der Waals surface area contributed by atoms with Crippen molar-refractivity contribution in [1.29, 1.82) is 0 Å². The fourth-order valence-corrected chi connectivity index (χ4v) is 2.39. The third-order valence-corrected chi connectivity index (χ3v) is 3.23. The molecule has 1 N–H and O–H groups in total. The first-order chi connectivity index (χ1) is 7.74. The van der Waals surface area contributed by atoms with Crippen LogP contribution in [-0.2, 0) is 13.6 Å². The summed E-state index contributed by atoms with van der Waals surface area (Å²) in [5, 5.41) is 7.81. The number of nitrogens with one attached hydrogen (secondary N) is 1. The molecule has 1 aliphatic heterocycles. The van der Waals surface area contributed by atoms with Gasteiger partial charge in [0.2, 0.25) is 0 Å². The first-order valence-electron chi connectivity index (χ1n) is 6.12. The summed E-state index contributed by atoms with van der Waals surface area (Å²) in [6.07, 6.45) is 4.63. The Bertz CT molecular complexity index is 315. The lowest BCUT2D eigenvalue weighted by molar-refractivity contribution is 0.232. The van der Waals surface area contributed by atoms with E-state index in [9.17, 15) is 0 Å². The Morgan fingerprint density at radius 3 is 2.88 bits per heavy atom. The van der Waals surface area contributed by atoms with E-state index in [2.05, 4.69) is 28.4 Å². The summed E-state index contributed by atoms with van der Waals surface area (Å²) in [4.78, 5) is 2.39. The third kappa shape index (κ3) is 3.32. The van der Waals surface area contributed by atoms with Crippen LogP contribution in [-0.4, -0.2) is 41.4 Å². The van der Waals surface area contributed by atoms with E-state index in [1.165, 1.54) is 38.2 Å².